The first-order valence-corrected chi connectivity index (χ1v) is 3.45. The van der Waals surface area contributed by atoms with Crippen molar-refractivity contribution in [2.75, 3.05) is 5.75 Å². The molecule has 0 aliphatic carbocycles. The van der Waals surface area contributed by atoms with Gasteiger partial charge in [-0.2, -0.15) is 12.6 Å². The van der Waals surface area contributed by atoms with Crippen molar-refractivity contribution in [2.24, 2.45) is 0 Å². The average Bonchev–Trinajstić information content (AvgIpc) is 1.69. The smallest absolute Gasteiger partial charge is 0.00979 e. The van der Waals surface area contributed by atoms with E-state index in [1.807, 2.05) is 0 Å². The van der Waals surface area contributed by atoms with E-state index in [0.29, 0.717) is 0 Å². The Labute approximate surface area is 51.7 Å². The van der Waals surface area contributed by atoms with Crippen LogP contribution in [0.5, 0.6) is 0 Å². The molecule has 0 fully saturated rings. The van der Waals surface area contributed by atoms with E-state index >= 15 is 0 Å². The lowest BCUT2D eigenvalue weighted by atomic mass is 10.2. The molecule has 0 saturated heterocycles. The van der Waals surface area contributed by atoms with Crippen molar-refractivity contribution in [3.05, 3.63) is 6.92 Å². The fourth-order valence-corrected chi connectivity index (χ4v) is 0.689. The Morgan fingerprint density at radius 3 is 2.29 bits per heavy atom. The van der Waals surface area contributed by atoms with Crippen LogP contribution in [0.4, 0.5) is 0 Å². The summed E-state index contributed by atoms with van der Waals surface area (Å²) in [6.07, 6.45) is 4.89. The molecule has 1 radical (unpaired) electrons. The molecule has 0 aliphatic heterocycles. The minimum Gasteiger partial charge on any atom is -0.179 e. The minimum atomic E-state index is 1.03. The van der Waals surface area contributed by atoms with Crippen LogP contribution in [0.1, 0.15) is 25.7 Å². The number of unbranched alkanes of at least 4 members (excludes halogenated alkanes) is 3. The highest BCUT2D eigenvalue weighted by Gasteiger charge is 1.80. The number of rotatable bonds is 4. The fraction of sp³-hybridized carbons (Fsp3) is 0.833. The van der Waals surface area contributed by atoms with Crippen LogP contribution in [-0.4, -0.2) is 5.75 Å². The number of hydrogen-bond acceptors (Lipinski definition) is 1. The van der Waals surface area contributed by atoms with Crippen molar-refractivity contribution >= 4 is 12.6 Å². The van der Waals surface area contributed by atoms with E-state index < -0.39 is 0 Å². The van der Waals surface area contributed by atoms with E-state index in [9.17, 15) is 0 Å². The zero-order valence-electron chi connectivity index (χ0n) is 4.69. The molecule has 0 unspecified atom stereocenters. The van der Waals surface area contributed by atoms with E-state index in [0.717, 1.165) is 12.2 Å². The lowest BCUT2D eigenvalue weighted by molar-refractivity contribution is 0.734. The molecule has 0 aliphatic rings. The van der Waals surface area contributed by atoms with E-state index in [2.05, 4.69) is 19.6 Å². The summed E-state index contributed by atoms with van der Waals surface area (Å²) in [5.74, 6) is 1.03. The van der Waals surface area contributed by atoms with Crippen molar-refractivity contribution in [1.29, 1.82) is 0 Å². The quantitative estimate of drug-likeness (QED) is 0.424. The standard InChI is InChI=1S/C6H13S/c1-2-3-4-5-6-7/h7H,1-6H2. The molecule has 0 spiro atoms. The molecule has 0 N–H and O–H groups in total. The van der Waals surface area contributed by atoms with Gasteiger partial charge < -0.3 is 0 Å². The predicted octanol–water partition coefficient (Wildman–Crippen LogP) is 2.31. The van der Waals surface area contributed by atoms with E-state index in [1.54, 1.807) is 0 Å². The van der Waals surface area contributed by atoms with Crippen molar-refractivity contribution in [3.63, 3.8) is 0 Å². The maximum absolute atomic E-state index is 4.07. The number of thiol groups is 1. The summed E-state index contributed by atoms with van der Waals surface area (Å²) in [5, 5.41) is 0. The maximum Gasteiger partial charge on any atom is -0.00979 e. The average molecular weight is 117 g/mol. The Morgan fingerprint density at radius 2 is 1.86 bits per heavy atom. The Kier molecular flexibility index (Phi) is 6.67. The van der Waals surface area contributed by atoms with Gasteiger partial charge in [0.05, 0.1) is 0 Å². The van der Waals surface area contributed by atoms with Crippen LogP contribution < -0.4 is 0 Å². The zero-order chi connectivity index (χ0) is 5.54. The molecule has 43 valence electrons. The van der Waals surface area contributed by atoms with Crippen LogP contribution in [0.15, 0.2) is 0 Å². The number of hydrogen-bond donors (Lipinski definition) is 1. The second-order valence-electron chi connectivity index (χ2n) is 1.64. The van der Waals surface area contributed by atoms with Gasteiger partial charge in [0.2, 0.25) is 0 Å². The van der Waals surface area contributed by atoms with Crippen LogP contribution in [-0.2, 0) is 0 Å². The molecule has 0 atom stereocenters. The van der Waals surface area contributed by atoms with Crippen molar-refractivity contribution in [1.82, 2.24) is 0 Å². The first-order valence-electron chi connectivity index (χ1n) is 2.82. The topological polar surface area (TPSA) is 0 Å². The maximum atomic E-state index is 4.07. The lowest BCUT2D eigenvalue weighted by Gasteiger charge is -1.90. The third-order valence-corrected chi connectivity index (χ3v) is 1.22. The summed E-state index contributed by atoms with van der Waals surface area (Å²) in [4.78, 5) is 0. The Balaban J connectivity index is 2.45. The highest BCUT2D eigenvalue weighted by atomic mass is 32.1. The monoisotopic (exact) mass is 117 g/mol. The SMILES string of the molecule is [CH2]CCCCCS. The molecule has 1 heteroatoms. The van der Waals surface area contributed by atoms with Crippen molar-refractivity contribution in [2.45, 2.75) is 25.7 Å². The van der Waals surface area contributed by atoms with Gasteiger partial charge in [0.25, 0.3) is 0 Å². The minimum absolute atomic E-state index is 1.03. The van der Waals surface area contributed by atoms with E-state index in [4.69, 9.17) is 0 Å². The molecule has 7 heavy (non-hydrogen) atoms. The van der Waals surface area contributed by atoms with Crippen molar-refractivity contribution in [3.8, 4) is 0 Å². The Morgan fingerprint density at radius 1 is 1.14 bits per heavy atom. The van der Waals surface area contributed by atoms with Crippen LogP contribution in [0.2, 0.25) is 0 Å². The third kappa shape index (κ3) is 6.35. The fourth-order valence-electron chi connectivity index (χ4n) is 0.465. The molecule has 0 aromatic heterocycles. The summed E-state index contributed by atoms with van der Waals surface area (Å²) in [6, 6.07) is 0. The van der Waals surface area contributed by atoms with Gasteiger partial charge in [0.15, 0.2) is 0 Å². The molecule has 0 aromatic carbocycles. The Hall–Kier alpha value is 0.350. The van der Waals surface area contributed by atoms with Gasteiger partial charge in [-0.1, -0.05) is 26.2 Å². The summed E-state index contributed by atoms with van der Waals surface area (Å²) in [5.41, 5.74) is 0. The van der Waals surface area contributed by atoms with E-state index in [-0.39, 0.29) is 0 Å². The molecular weight excluding hydrogens is 104 g/mol. The Bertz CT molecular complexity index is 23.4. The van der Waals surface area contributed by atoms with Gasteiger partial charge in [0.1, 0.15) is 0 Å². The highest BCUT2D eigenvalue weighted by molar-refractivity contribution is 7.80. The van der Waals surface area contributed by atoms with Crippen LogP contribution in [0.3, 0.4) is 0 Å². The lowest BCUT2D eigenvalue weighted by Crippen LogP contribution is -1.74. The highest BCUT2D eigenvalue weighted by Crippen LogP contribution is 1.98. The molecule has 0 nitrogen and oxygen atoms in total. The van der Waals surface area contributed by atoms with Gasteiger partial charge in [-0.3, -0.25) is 0 Å². The van der Waals surface area contributed by atoms with Gasteiger partial charge in [-0.25, -0.2) is 0 Å². The largest absolute Gasteiger partial charge is 0.179 e. The van der Waals surface area contributed by atoms with Crippen molar-refractivity contribution < 1.29 is 0 Å². The summed E-state index contributed by atoms with van der Waals surface area (Å²) in [7, 11) is 0. The van der Waals surface area contributed by atoms with Gasteiger partial charge in [-0.15, -0.1) is 0 Å². The predicted molar refractivity (Wildman–Crippen MR) is 37.7 cm³/mol. The molecule has 0 heterocycles. The summed E-state index contributed by atoms with van der Waals surface area (Å²) >= 11 is 4.07. The zero-order valence-corrected chi connectivity index (χ0v) is 5.58. The first-order chi connectivity index (χ1) is 3.41. The van der Waals surface area contributed by atoms with Crippen LogP contribution in [0.25, 0.3) is 0 Å². The molecule has 0 saturated carbocycles. The molecule has 0 aromatic rings. The van der Waals surface area contributed by atoms with Gasteiger partial charge in [-0.05, 0) is 12.2 Å². The normalized spacial score (nSPS) is 9.43. The van der Waals surface area contributed by atoms with Gasteiger partial charge >= 0.3 is 0 Å². The van der Waals surface area contributed by atoms with E-state index in [1.165, 1.54) is 19.3 Å². The summed E-state index contributed by atoms with van der Waals surface area (Å²) < 4.78 is 0. The van der Waals surface area contributed by atoms with Crippen LogP contribution in [0, 0.1) is 6.92 Å². The third-order valence-electron chi connectivity index (χ3n) is 0.908. The summed E-state index contributed by atoms with van der Waals surface area (Å²) in [6.45, 7) is 3.73. The second kappa shape index (κ2) is 6.35. The second-order valence-corrected chi connectivity index (χ2v) is 2.09. The van der Waals surface area contributed by atoms with Crippen LogP contribution >= 0.6 is 12.6 Å². The molecule has 0 bridgehead atoms. The molecular formula is C6H13S. The molecule has 0 rings (SSSR count). The molecule has 0 amide bonds. The first kappa shape index (κ1) is 7.35. The van der Waals surface area contributed by atoms with Gasteiger partial charge in [0, 0.05) is 0 Å².